The van der Waals surface area contributed by atoms with E-state index in [1.807, 2.05) is 0 Å². The van der Waals surface area contributed by atoms with Crippen molar-refractivity contribution < 1.29 is 14.0 Å². The van der Waals surface area contributed by atoms with E-state index >= 15 is 0 Å². The minimum absolute atomic E-state index is 0.0897. The number of pyridine rings is 1. The average molecular weight is 343 g/mol. The maximum absolute atomic E-state index is 13.4. The average Bonchev–Trinajstić information content (AvgIpc) is 2.62. The van der Waals surface area contributed by atoms with E-state index in [4.69, 9.17) is 0 Å². The predicted molar refractivity (Wildman–Crippen MR) is 85.4 cm³/mol. The molecule has 0 saturated carbocycles. The zero-order chi connectivity index (χ0) is 17.6. The number of hydrazone groups is 1. The van der Waals surface area contributed by atoms with Gasteiger partial charge in [-0.2, -0.15) is 5.10 Å². The Kier molecular flexibility index (Phi) is 3.56. The van der Waals surface area contributed by atoms with Gasteiger partial charge in [-0.1, -0.05) is 0 Å². The van der Waals surface area contributed by atoms with Gasteiger partial charge in [0.2, 0.25) is 5.91 Å². The summed E-state index contributed by atoms with van der Waals surface area (Å²) in [4.78, 5) is 42.3. The van der Waals surface area contributed by atoms with Crippen LogP contribution < -0.4 is 11.0 Å². The van der Waals surface area contributed by atoms with Gasteiger partial charge in [-0.15, -0.1) is 0 Å². The van der Waals surface area contributed by atoms with E-state index in [9.17, 15) is 18.8 Å². The summed E-state index contributed by atoms with van der Waals surface area (Å²) < 4.78 is 14.6. The van der Waals surface area contributed by atoms with E-state index in [1.54, 1.807) is 0 Å². The van der Waals surface area contributed by atoms with Crippen molar-refractivity contribution in [2.75, 3.05) is 6.54 Å². The monoisotopic (exact) mass is 343 g/mol. The zero-order valence-electron chi connectivity index (χ0n) is 13.2. The van der Waals surface area contributed by atoms with Gasteiger partial charge in [0.25, 0.3) is 11.5 Å². The fraction of sp³-hybridized carbons (Fsp3) is 0.312. The van der Waals surface area contributed by atoms with Gasteiger partial charge in [-0.3, -0.25) is 18.8 Å². The highest BCUT2D eigenvalue weighted by molar-refractivity contribution is 6.39. The summed E-state index contributed by atoms with van der Waals surface area (Å²) in [6, 6.07) is 2.70. The molecule has 1 N–H and O–H groups in total. The molecule has 2 aromatic heterocycles. The minimum atomic E-state index is -0.535. The van der Waals surface area contributed by atoms with Crippen LogP contribution in [0.15, 0.2) is 28.2 Å². The molecule has 2 aromatic rings. The lowest BCUT2D eigenvalue weighted by atomic mass is 10.0. The van der Waals surface area contributed by atoms with Crippen LogP contribution in [0.5, 0.6) is 0 Å². The van der Waals surface area contributed by atoms with Crippen LogP contribution in [0.25, 0.3) is 5.65 Å². The van der Waals surface area contributed by atoms with Crippen LogP contribution in [0, 0.1) is 5.82 Å². The van der Waals surface area contributed by atoms with Crippen molar-refractivity contribution in [3.63, 3.8) is 0 Å². The molecular formula is C16H14FN5O3. The van der Waals surface area contributed by atoms with Crippen molar-refractivity contribution in [1.29, 1.82) is 0 Å². The maximum Gasteiger partial charge on any atom is 0.270 e. The van der Waals surface area contributed by atoms with Gasteiger partial charge in [0.05, 0.1) is 17.8 Å². The van der Waals surface area contributed by atoms with Crippen LogP contribution in [0.2, 0.25) is 0 Å². The number of nitrogens with zero attached hydrogens (tertiary/aromatic N) is 4. The second-order valence-corrected chi connectivity index (χ2v) is 5.99. The van der Waals surface area contributed by atoms with Crippen LogP contribution in [-0.2, 0) is 22.6 Å². The SMILES string of the molecule is O=C1CCC(C(=O)N2CCc3nc4ccc(F)cn4c(=O)c3C2)=NN1. The van der Waals surface area contributed by atoms with Gasteiger partial charge in [0, 0.05) is 32.0 Å². The Bertz CT molecular complexity index is 997. The third kappa shape index (κ3) is 2.67. The van der Waals surface area contributed by atoms with Crippen LogP contribution in [0.3, 0.4) is 0 Å². The number of nitrogens with one attached hydrogen (secondary N) is 1. The number of halogens is 1. The van der Waals surface area contributed by atoms with Crippen LogP contribution in [-0.4, -0.2) is 38.4 Å². The summed E-state index contributed by atoms with van der Waals surface area (Å²) in [5.74, 6) is -1.07. The van der Waals surface area contributed by atoms with Gasteiger partial charge in [-0.25, -0.2) is 14.8 Å². The highest BCUT2D eigenvalue weighted by Crippen LogP contribution is 2.17. The van der Waals surface area contributed by atoms with E-state index in [0.29, 0.717) is 29.9 Å². The van der Waals surface area contributed by atoms with E-state index < -0.39 is 5.82 Å². The molecule has 2 aliphatic heterocycles. The predicted octanol–water partition coefficient (Wildman–Crippen LogP) is -0.0157. The molecule has 4 rings (SSSR count). The normalized spacial score (nSPS) is 17.1. The molecule has 0 aliphatic carbocycles. The van der Waals surface area contributed by atoms with Crippen LogP contribution in [0.1, 0.15) is 24.1 Å². The molecule has 9 heteroatoms. The number of carbonyl (C=O) groups is 2. The Balaban J connectivity index is 1.68. The molecule has 2 aliphatic rings. The molecule has 0 fully saturated rings. The molecule has 25 heavy (non-hydrogen) atoms. The number of fused-ring (bicyclic) bond motifs is 2. The molecular weight excluding hydrogens is 329 g/mol. The molecule has 0 aromatic carbocycles. The highest BCUT2D eigenvalue weighted by atomic mass is 19.1. The Hall–Kier alpha value is -3.10. The number of aromatic nitrogens is 2. The van der Waals surface area contributed by atoms with Gasteiger partial charge in [-0.05, 0) is 12.1 Å². The highest BCUT2D eigenvalue weighted by Gasteiger charge is 2.29. The number of rotatable bonds is 1. The minimum Gasteiger partial charge on any atom is -0.333 e. The lowest BCUT2D eigenvalue weighted by molar-refractivity contribution is -0.125. The molecule has 0 atom stereocenters. The topological polar surface area (TPSA) is 96.1 Å². The number of carbonyl (C=O) groups excluding carboxylic acids is 2. The van der Waals surface area contributed by atoms with Gasteiger partial charge in [0.15, 0.2) is 0 Å². The molecule has 0 unspecified atom stereocenters. The largest absolute Gasteiger partial charge is 0.333 e. The maximum atomic E-state index is 13.4. The Labute approximate surface area is 141 Å². The summed E-state index contributed by atoms with van der Waals surface area (Å²) in [5, 5.41) is 3.80. The summed E-state index contributed by atoms with van der Waals surface area (Å²) in [6.45, 7) is 0.495. The lowest BCUT2D eigenvalue weighted by Gasteiger charge is -2.28. The smallest absolute Gasteiger partial charge is 0.270 e. The summed E-state index contributed by atoms with van der Waals surface area (Å²) in [5.41, 5.74) is 3.56. The standard InChI is InChI=1S/C16H14FN5O3/c17-9-1-3-13-18-11-5-6-21(8-10(11)15(24)22(13)7-9)16(25)12-2-4-14(23)20-19-12/h1,3,7H,2,4-6,8H2,(H,20,23). The lowest BCUT2D eigenvalue weighted by Crippen LogP contribution is -2.44. The third-order valence-corrected chi connectivity index (χ3v) is 4.37. The molecule has 8 nitrogen and oxygen atoms in total. The first kappa shape index (κ1) is 15.4. The van der Waals surface area contributed by atoms with E-state index in [0.717, 1.165) is 10.6 Å². The van der Waals surface area contributed by atoms with Gasteiger partial charge >= 0.3 is 0 Å². The van der Waals surface area contributed by atoms with Crippen LogP contribution >= 0.6 is 0 Å². The molecule has 4 heterocycles. The Morgan fingerprint density at radius 3 is 2.80 bits per heavy atom. The molecule has 0 spiro atoms. The quantitative estimate of drug-likeness (QED) is 0.787. The summed E-state index contributed by atoms with van der Waals surface area (Å²) in [7, 11) is 0. The molecule has 0 bridgehead atoms. The van der Waals surface area contributed by atoms with E-state index in [-0.39, 0.29) is 42.5 Å². The molecule has 0 saturated heterocycles. The fourth-order valence-corrected chi connectivity index (χ4v) is 3.06. The molecule has 128 valence electrons. The van der Waals surface area contributed by atoms with E-state index in [2.05, 4.69) is 15.5 Å². The zero-order valence-corrected chi connectivity index (χ0v) is 13.2. The Morgan fingerprint density at radius 2 is 2.04 bits per heavy atom. The van der Waals surface area contributed by atoms with Crippen molar-refractivity contribution in [2.45, 2.75) is 25.8 Å². The third-order valence-electron chi connectivity index (χ3n) is 4.37. The van der Waals surface area contributed by atoms with Crippen molar-refractivity contribution in [3.8, 4) is 0 Å². The molecule has 2 amide bonds. The summed E-state index contributed by atoms with van der Waals surface area (Å²) >= 11 is 0. The van der Waals surface area contributed by atoms with Crippen molar-refractivity contribution >= 4 is 23.2 Å². The van der Waals surface area contributed by atoms with Crippen LogP contribution in [0.4, 0.5) is 4.39 Å². The molecule has 0 radical (unpaired) electrons. The van der Waals surface area contributed by atoms with Crippen molar-refractivity contribution in [1.82, 2.24) is 19.7 Å². The number of hydrogen-bond donors (Lipinski definition) is 1. The Morgan fingerprint density at radius 1 is 1.20 bits per heavy atom. The number of amides is 2. The van der Waals surface area contributed by atoms with Crippen molar-refractivity contribution in [2.24, 2.45) is 5.10 Å². The van der Waals surface area contributed by atoms with Crippen molar-refractivity contribution in [3.05, 3.63) is 45.8 Å². The first-order valence-corrected chi connectivity index (χ1v) is 7.87. The second-order valence-electron chi connectivity index (χ2n) is 5.99. The fourth-order valence-electron chi connectivity index (χ4n) is 3.06. The first-order chi connectivity index (χ1) is 12.0. The first-order valence-electron chi connectivity index (χ1n) is 7.87. The van der Waals surface area contributed by atoms with Gasteiger partial charge < -0.3 is 4.90 Å². The van der Waals surface area contributed by atoms with E-state index in [1.165, 1.54) is 17.0 Å². The summed E-state index contributed by atoms with van der Waals surface area (Å²) in [6.07, 6.45) is 2.01. The number of hydrogen-bond acceptors (Lipinski definition) is 5. The second kappa shape index (κ2) is 5.76. The van der Waals surface area contributed by atoms with Gasteiger partial charge in [0.1, 0.15) is 17.2 Å².